The molecular weight excluding hydrogens is 391 g/mol. The van der Waals surface area contributed by atoms with Crippen molar-refractivity contribution in [2.24, 2.45) is 4.99 Å². The fraction of sp³-hybridized carbons (Fsp3) is 0.263. The zero-order chi connectivity index (χ0) is 18.8. The smallest absolute Gasteiger partial charge is 0.279 e. The summed E-state index contributed by atoms with van der Waals surface area (Å²) in [5, 5.41) is 0.923. The molecule has 0 N–H and O–H groups in total. The Morgan fingerprint density at radius 1 is 1.19 bits per heavy atom. The molecule has 26 heavy (non-hydrogen) atoms. The third-order valence-electron chi connectivity index (χ3n) is 4.20. The van der Waals surface area contributed by atoms with Crippen molar-refractivity contribution in [2.45, 2.75) is 20.4 Å². The minimum Gasteiger partial charge on any atom is -0.383 e. The van der Waals surface area contributed by atoms with Crippen LogP contribution in [0.5, 0.6) is 0 Å². The van der Waals surface area contributed by atoms with Gasteiger partial charge in [0.15, 0.2) is 4.80 Å². The van der Waals surface area contributed by atoms with Crippen molar-refractivity contribution in [2.75, 3.05) is 13.7 Å². The Bertz CT molecular complexity index is 1050. The molecule has 0 unspecified atom stereocenters. The van der Waals surface area contributed by atoms with Crippen LogP contribution in [0.15, 0.2) is 35.3 Å². The summed E-state index contributed by atoms with van der Waals surface area (Å²) in [7, 11) is 1.63. The van der Waals surface area contributed by atoms with E-state index in [1.54, 1.807) is 19.2 Å². The topological polar surface area (TPSA) is 43.6 Å². The van der Waals surface area contributed by atoms with E-state index in [1.165, 1.54) is 11.3 Å². The number of carbonyl (C=O) groups is 1. The van der Waals surface area contributed by atoms with E-state index in [2.05, 4.69) is 4.99 Å². The molecule has 3 rings (SSSR count). The number of methoxy groups -OCH3 is 1. The monoisotopic (exact) mass is 408 g/mol. The Morgan fingerprint density at radius 3 is 2.65 bits per heavy atom. The first-order valence-corrected chi connectivity index (χ1v) is 9.62. The number of aryl methyl sites for hydroxylation is 2. The van der Waals surface area contributed by atoms with Crippen molar-refractivity contribution in [1.29, 1.82) is 0 Å². The molecule has 0 radical (unpaired) electrons. The van der Waals surface area contributed by atoms with Crippen LogP contribution in [0.3, 0.4) is 0 Å². The highest BCUT2D eigenvalue weighted by Gasteiger charge is 2.14. The molecule has 136 valence electrons. The van der Waals surface area contributed by atoms with Crippen LogP contribution in [0.1, 0.15) is 21.5 Å². The predicted octanol–water partition coefficient (Wildman–Crippen LogP) is 5.01. The summed E-state index contributed by atoms with van der Waals surface area (Å²) < 4.78 is 7.99. The number of amides is 1. The van der Waals surface area contributed by atoms with Crippen LogP contribution < -0.4 is 4.80 Å². The van der Waals surface area contributed by atoms with Crippen molar-refractivity contribution in [3.8, 4) is 0 Å². The zero-order valence-corrected chi connectivity index (χ0v) is 17.0. The fourth-order valence-corrected chi connectivity index (χ4v) is 4.14. The highest BCUT2D eigenvalue weighted by molar-refractivity contribution is 7.16. The third-order valence-corrected chi connectivity index (χ3v) is 6.04. The molecule has 1 aromatic heterocycles. The first-order valence-electron chi connectivity index (χ1n) is 8.05. The van der Waals surface area contributed by atoms with Gasteiger partial charge < -0.3 is 9.30 Å². The van der Waals surface area contributed by atoms with Crippen LogP contribution in [0, 0.1) is 13.8 Å². The number of hydrogen-bond donors (Lipinski definition) is 0. The summed E-state index contributed by atoms with van der Waals surface area (Å²) in [6.07, 6.45) is 0. The van der Waals surface area contributed by atoms with Crippen molar-refractivity contribution < 1.29 is 9.53 Å². The Kier molecular flexibility index (Phi) is 5.82. The maximum absolute atomic E-state index is 12.7. The summed E-state index contributed by atoms with van der Waals surface area (Å²) in [6, 6.07) is 9.22. The second kappa shape index (κ2) is 7.92. The number of aromatic nitrogens is 1. The van der Waals surface area contributed by atoms with E-state index >= 15 is 0 Å². The molecular formula is C19H18Cl2N2O2S. The van der Waals surface area contributed by atoms with Gasteiger partial charge in [-0.1, -0.05) is 40.6 Å². The van der Waals surface area contributed by atoms with Gasteiger partial charge in [-0.15, -0.1) is 0 Å². The number of hydrogen-bond acceptors (Lipinski definition) is 3. The number of ether oxygens (including phenoxy) is 1. The number of thiazole rings is 1. The summed E-state index contributed by atoms with van der Waals surface area (Å²) in [4.78, 5) is 17.6. The molecule has 0 atom stereocenters. The van der Waals surface area contributed by atoms with Crippen LogP contribution in [0.2, 0.25) is 10.0 Å². The second-order valence-corrected chi connectivity index (χ2v) is 7.75. The number of halogens is 2. The number of benzene rings is 2. The van der Waals surface area contributed by atoms with Gasteiger partial charge in [-0.05, 0) is 49.2 Å². The van der Waals surface area contributed by atoms with Crippen LogP contribution in [-0.2, 0) is 11.3 Å². The molecule has 4 nitrogen and oxygen atoms in total. The lowest BCUT2D eigenvalue weighted by Gasteiger charge is -2.06. The maximum atomic E-state index is 12.7. The summed E-state index contributed by atoms with van der Waals surface area (Å²) in [6.45, 7) is 4.98. The molecule has 2 aromatic carbocycles. The van der Waals surface area contributed by atoms with Gasteiger partial charge in [0.2, 0.25) is 0 Å². The first-order chi connectivity index (χ1) is 12.4. The van der Waals surface area contributed by atoms with E-state index < -0.39 is 0 Å². The third kappa shape index (κ3) is 3.71. The van der Waals surface area contributed by atoms with Crippen molar-refractivity contribution in [3.63, 3.8) is 0 Å². The Morgan fingerprint density at radius 2 is 1.96 bits per heavy atom. The van der Waals surface area contributed by atoms with E-state index in [0.29, 0.717) is 33.6 Å². The molecule has 1 heterocycles. The molecule has 0 aliphatic heterocycles. The van der Waals surface area contributed by atoms with Crippen LogP contribution in [0.25, 0.3) is 10.2 Å². The molecule has 0 aliphatic carbocycles. The quantitative estimate of drug-likeness (QED) is 0.608. The van der Waals surface area contributed by atoms with E-state index in [4.69, 9.17) is 27.9 Å². The molecule has 3 aromatic rings. The van der Waals surface area contributed by atoms with Gasteiger partial charge >= 0.3 is 0 Å². The predicted molar refractivity (Wildman–Crippen MR) is 108 cm³/mol. The largest absolute Gasteiger partial charge is 0.383 e. The minimum absolute atomic E-state index is 0.284. The van der Waals surface area contributed by atoms with E-state index in [9.17, 15) is 4.79 Å². The number of fused-ring (bicyclic) bond motifs is 1. The Balaban J connectivity index is 2.16. The lowest BCUT2D eigenvalue weighted by atomic mass is 10.1. The molecule has 0 bridgehead atoms. The van der Waals surface area contributed by atoms with E-state index in [0.717, 1.165) is 21.3 Å². The molecule has 0 aliphatic rings. The lowest BCUT2D eigenvalue weighted by molar-refractivity contribution is 0.0997. The highest BCUT2D eigenvalue weighted by Crippen LogP contribution is 2.32. The van der Waals surface area contributed by atoms with Gasteiger partial charge in [-0.3, -0.25) is 4.79 Å². The summed E-state index contributed by atoms with van der Waals surface area (Å²) in [5.74, 6) is -0.284. The van der Waals surface area contributed by atoms with Gasteiger partial charge in [0.1, 0.15) is 0 Å². The van der Waals surface area contributed by atoms with Crippen molar-refractivity contribution >= 4 is 50.7 Å². The van der Waals surface area contributed by atoms with Crippen molar-refractivity contribution in [3.05, 3.63) is 61.9 Å². The Labute approximate surface area is 165 Å². The SMILES string of the molecule is COCCn1c(=NC(=O)c2ccc(C)c(C)c2)sc2ccc(Cl)c(Cl)c21. The second-order valence-electron chi connectivity index (χ2n) is 5.95. The van der Waals surface area contributed by atoms with Crippen molar-refractivity contribution in [1.82, 2.24) is 4.57 Å². The normalized spacial score (nSPS) is 12.1. The Hall–Kier alpha value is -1.66. The summed E-state index contributed by atoms with van der Waals surface area (Å²) in [5.41, 5.74) is 3.53. The molecule has 0 fully saturated rings. The number of rotatable bonds is 4. The molecule has 0 saturated carbocycles. The number of nitrogens with zero attached hydrogens (tertiary/aromatic N) is 2. The van der Waals surface area contributed by atoms with E-state index in [1.807, 2.05) is 36.6 Å². The lowest BCUT2D eigenvalue weighted by Crippen LogP contribution is -2.19. The fourth-order valence-electron chi connectivity index (χ4n) is 2.60. The van der Waals surface area contributed by atoms with Crippen LogP contribution >= 0.6 is 34.5 Å². The van der Waals surface area contributed by atoms with Crippen LogP contribution in [0.4, 0.5) is 0 Å². The van der Waals surface area contributed by atoms with Gasteiger partial charge in [0.25, 0.3) is 5.91 Å². The standard InChI is InChI=1S/C19H18Cl2N2O2S/c1-11-4-5-13(10-12(11)2)18(24)22-19-23(8-9-25-3)17-15(26-19)7-6-14(20)16(17)21/h4-7,10H,8-9H2,1-3H3. The molecule has 0 saturated heterocycles. The maximum Gasteiger partial charge on any atom is 0.279 e. The van der Waals surface area contributed by atoms with Crippen LogP contribution in [-0.4, -0.2) is 24.2 Å². The van der Waals surface area contributed by atoms with E-state index in [-0.39, 0.29) is 5.91 Å². The summed E-state index contributed by atoms with van der Waals surface area (Å²) >= 11 is 14.0. The minimum atomic E-state index is -0.284. The molecule has 7 heteroatoms. The molecule has 0 spiro atoms. The van der Waals surface area contributed by atoms with Gasteiger partial charge in [-0.25, -0.2) is 0 Å². The van der Waals surface area contributed by atoms with Gasteiger partial charge in [0, 0.05) is 19.2 Å². The van der Waals surface area contributed by atoms with Gasteiger partial charge in [-0.2, -0.15) is 4.99 Å². The average Bonchev–Trinajstić information content (AvgIpc) is 2.96. The highest BCUT2D eigenvalue weighted by atomic mass is 35.5. The zero-order valence-electron chi connectivity index (χ0n) is 14.7. The first kappa shape index (κ1) is 19.1. The van der Waals surface area contributed by atoms with Gasteiger partial charge in [0.05, 0.1) is 26.9 Å². The molecule has 1 amide bonds. The number of carbonyl (C=O) groups excluding carboxylic acids is 1. The average molecular weight is 409 g/mol.